The lowest BCUT2D eigenvalue weighted by molar-refractivity contribution is -0.133. The van der Waals surface area contributed by atoms with E-state index >= 15 is 0 Å². The first kappa shape index (κ1) is 13.0. The molecule has 1 fully saturated rings. The summed E-state index contributed by atoms with van der Waals surface area (Å²) in [7, 11) is 5.70. The van der Waals surface area contributed by atoms with E-state index in [1.54, 1.807) is 11.9 Å². The van der Waals surface area contributed by atoms with Crippen LogP contribution in [-0.2, 0) is 9.59 Å². The van der Waals surface area contributed by atoms with E-state index < -0.39 is 0 Å². The standard InChI is InChI=1S/C11H21N3O2/c1-13(2)8-4-7-12-11(16)9-5-6-10(15)14(9)3/h9H,4-8H2,1-3H3,(H,12,16). The predicted octanol–water partition coefficient (Wildman–Crippen LogP) is -0.325. The van der Waals surface area contributed by atoms with Crippen molar-refractivity contribution in [3.63, 3.8) is 0 Å². The highest BCUT2D eigenvalue weighted by molar-refractivity contribution is 5.90. The van der Waals surface area contributed by atoms with Gasteiger partial charge in [0.15, 0.2) is 0 Å². The molecule has 0 saturated carbocycles. The Bertz CT molecular complexity index is 266. The van der Waals surface area contributed by atoms with Gasteiger partial charge in [-0.15, -0.1) is 0 Å². The van der Waals surface area contributed by atoms with Crippen LogP contribution in [0.4, 0.5) is 0 Å². The van der Waals surface area contributed by atoms with Gasteiger partial charge >= 0.3 is 0 Å². The predicted molar refractivity (Wildman–Crippen MR) is 62.0 cm³/mol. The van der Waals surface area contributed by atoms with Crippen LogP contribution < -0.4 is 5.32 Å². The van der Waals surface area contributed by atoms with Crippen LogP contribution in [0, 0.1) is 0 Å². The molecule has 0 spiro atoms. The summed E-state index contributed by atoms with van der Waals surface area (Å²) in [5.41, 5.74) is 0. The van der Waals surface area contributed by atoms with Crippen molar-refractivity contribution in [2.24, 2.45) is 0 Å². The third-order valence-electron chi connectivity index (χ3n) is 2.88. The normalized spacial score (nSPS) is 20.6. The van der Waals surface area contributed by atoms with Crippen molar-refractivity contribution in [2.45, 2.75) is 25.3 Å². The third-order valence-corrected chi connectivity index (χ3v) is 2.88. The molecule has 5 heteroatoms. The summed E-state index contributed by atoms with van der Waals surface area (Å²) in [6, 6.07) is -0.258. The Kier molecular flexibility index (Phi) is 4.73. The van der Waals surface area contributed by atoms with Crippen LogP contribution in [0.25, 0.3) is 0 Å². The number of rotatable bonds is 5. The van der Waals surface area contributed by atoms with Gasteiger partial charge in [0, 0.05) is 20.0 Å². The van der Waals surface area contributed by atoms with Crippen LogP contribution >= 0.6 is 0 Å². The molecule has 16 heavy (non-hydrogen) atoms. The zero-order valence-electron chi connectivity index (χ0n) is 10.3. The molecule has 0 aromatic rings. The number of carbonyl (C=O) groups is 2. The maximum absolute atomic E-state index is 11.7. The molecule has 0 aromatic carbocycles. The highest BCUT2D eigenvalue weighted by Gasteiger charge is 2.32. The smallest absolute Gasteiger partial charge is 0.242 e. The number of hydrogen-bond acceptors (Lipinski definition) is 3. The lowest BCUT2D eigenvalue weighted by atomic mass is 10.2. The molecule has 1 rings (SSSR count). The molecule has 1 N–H and O–H groups in total. The molecular weight excluding hydrogens is 206 g/mol. The summed E-state index contributed by atoms with van der Waals surface area (Å²) in [5.74, 6) is 0.0422. The third kappa shape index (κ3) is 3.48. The van der Waals surface area contributed by atoms with Crippen LogP contribution in [0.1, 0.15) is 19.3 Å². The van der Waals surface area contributed by atoms with E-state index in [-0.39, 0.29) is 17.9 Å². The summed E-state index contributed by atoms with van der Waals surface area (Å²) in [6.07, 6.45) is 2.07. The Morgan fingerprint density at radius 3 is 2.75 bits per heavy atom. The quantitative estimate of drug-likeness (QED) is 0.655. The Labute approximate surface area is 96.8 Å². The zero-order chi connectivity index (χ0) is 12.1. The second-order valence-corrected chi connectivity index (χ2v) is 4.51. The van der Waals surface area contributed by atoms with Crippen LogP contribution in [0.2, 0.25) is 0 Å². The number of carbonyl (C=O) groups excluding carboxylic acids is 2. The maximum Gasteiger partial charge on any atom is 0.242 e. The summed E-state index contributed by atoms with van der Waals surface area (Å²) in [6.45, 7) is 1.63. The number of likely N-dealkylation sites (N-methyl/N-ethyl adjacent to an activating group) is 1. The van der Waals surface area contributed by atoms with E-state index in [0.29, 0.717) is 19.4 Å². The van der Waals surface area contributed by atoms with E-state index in [0.717, 1.165) is 13.0 Å². The topological polar surface area (TPSA) is 52.7 Å². The highest BCUT2D eigenvalue weighted by atomic mass is 16.2. The molecule has 0 radical (unpaired) electrons. The lowest BCUT2D eigenvalue weighted by Crippen LogP contribution is -2.43. The molecule has 0 bridgehead atoms. The fraction of sp³-hybridized carbons (Fsp3) is 0.818. The van der Waals surface area contributed by atoms with Gasteiger partial charge in [0.1, 0.15) is 6.04 Å². The molecule has 1 heterocycles. The monoisotopic (exact) mass is 227 g/mol. The zero-order valence-corrected chi connectivity index (χ0v) is 10.3. The van der Waals surface area contributed by atoms with Crippen molar-refractivity contribution in [1.82, 2.24) is 15.1 Å². The number of amides is 2. The first-order chi connectivity index (χ1) is 7.52. The first-order valence-corrected chi connectivity index (χ1v) is 5.70. The van der Waals surface area contributed by atoms with Crippen molar-refractivity contribution in [1.29, 1.82) is 0 Å². The van der Waals surface area contributed by atoms with Gasteiger partial charge in [0.25, 0.3) is 0 Å². The lowest BCUT2D eigenvalue weighted by Gasteiger charge is -2.19. The molecule has 92 valence electrons. The van der Waals surface area contributed by atoms with Crippen molar-refractivity contribution in [2.75, 3.05) is 34.2 Å². The molecule has 0 aromatic heterocycles. The van der Waals surface area contributed by atoms with Gasteiger partial charge in [0.2, 0.25) is 11.8 Å². The number of nitrogens with one attached hydrogen (secondary N) is 1. The molecule has 1 unspecified atom stereocenters. The Hall–Kier alpha value is -1.10. The fourth-order valence-electron chi connectivity index (χ4n) is 1.84. The second-order valence-electron chi connectivity index (χ2n) is 4.51. The Morgan fingerprint density at radius 1 is 1.56 bits per heavy atom. The minimum absolute atomic E-state index is 0.0212. The minimum atomic E-state index is -0.258. The van der Waals surface area contributed by atoms with Crippen LogP contribution in [0.3, 0.4) is 0 Å². The largest absolute Gasteiger partial charge is 0.354 e. The van der Waals surface area contributed by atoms with Crippen LogP contribution in [-0.4, -0.2) is 61.9 Å². The van der Waals surface area contributed by atoms with Gasteiger partial charge in [-0.2, -0.15) is 0 Å². The summed E-state index contributed by atoms with van der Waals surface area (Å²) < 4.78 is 0. The SMILES string of the molecule is CN(C)CCCNC(=O)C1CCC(=O)N1C. The molecule has 0 aliphatic carbocycles. The maximum atomic E-state index is 11.7. The van der Waals surface area contributed by atoms with E-state index in [1.807, 2.05) is 14.1 Å². The van der Waals surface area contributed by atoms with Crippen molar-refractivity contribution in [3.8, 4) is 0 Å². The second kappa shape index (κ2) is 5.84. The van der Waals surface area contributed by atoms with E-state index in [4.69, 9.17) is 0 Å². The van der Waals surface area contributed by atoms with Crippen molar-refractivity contribution < 1.29 is 9.59 Å². The van der Waals surface area contributed by atoms with Crippen LogP contribution in [0.15, 0.2) is 0 Å². The average Bonchev–Trinajstić information content (AvgIpc) is 2.54. The highest BCUT2D eigenvalue weighted by Crippen LogP contribution is 2.16. The minimum Gasteiger partial charge on any atom is -0.354 e. The molecule has 2 amide bonds. The van der Waals surface area contributed by atoms with Crippen LogP contribution in [0.5, 0.6) is 0 Å². The number of nitrogens with zero attached hydrogens (tertiary/aromatic N) is 2. The van der Waals surface area contributed by atoms with Gasteiger partial charge in [-0.1, -0.05) is 0 Å². The number of likely N-dealkylation sites (tertiary alicyclic amines) is 1. The summed E-state index contributed by atoms with van der Waals surface area (Å²) in [5, 5.41) is 2.87. The molecular formula is C11H21N3O2. The Balaban J connectivity index is 2.23. The molecule has 5 nitrogen and oxygen atoms in total. The van der Waals surface area contributed by atoms with Crippen molar-refractivity contribution in [3.05, 3.63) is 0 Å². The number of hydrogen-bond donors (Lipinski definition) is 1. The van der Waals surface area contributed by atoms with Gasteiger partial charge in [-0.3, -0.25) is 9.59 Å². The van der Waals surface area contributed by atoms with E-state index in [1.165, 1.54) is 0 Å². The van der Waals surface area contributed by atoms with Crippen molar-refractivity contribution >= 4 is 11.8 Å². The van der Waals surface area contributed by atoms with Gasteiger partial charge < -0.3 is 15.1 Å². The van der Waals surface area contributed by atoms with E-state index in [9.17, 15) is 9.59 Å². The molecule has 1 atom stereocenters. The van der Waals surface area contributed by atoms with Gasteiger partial charge in [-0.05, 0) is 33.5 Å². The molecule has 1 aliphatic rings. The molecule has 1 aliphatic heterocycles. The molecule has 1 saturated heterocycles. The summed E-state index contributed by atoms with van der Waals surface area (Å²) in [4.78, 5) is 26.6. The van der Waals surface area contributed by atoms with Gasteiger partial charge in [0.05, 0.1) is 0 Å². The average molecular weight is 227 g/mol. The Morgan fingerprint density at radius 2 is 2.25 bits per heavy atom. The van der Waals surface area contributed by atoms with E-state index in [2.05, 4.69) is 10.2 Å². The summed E-state index contributed by atoms with van der Waals surface area (Å²) >= 11 is 0. The first-order valence-electron chi connectivity index (χ1n) is 5.70. The van der Waals surface area contributed by atoms with Gasteiger partial charge in [-0.25, -0.2) is 0 Å². The fourth-order valence-corrected chi connectivity index (χ4v) is 1.84.